The van der Waals surface area contributed by atoms with Crippen LogP contribution in [-0.4, -0.2) is 39.9 Å². The summed E-state index contributed by atoms with van der Waals surface area (Å²) in [6.45, 7) is 4.06. The molecule has 0 N–H and O–H groups in total. The second kappa shape index (κ2) is 9.05. The number of amides is 1. The van der Waals surface area contributed by atoms with Crippen LogP contribution in [-0.2, 0) is 19.6 Å². The van der Waals surface area contributed by atoms with Gasteiger partial charge in [0.15, 0.2) is 0 Å². The lowest BCUT2D eigenvalue weighted by atomic mass is 9.93. The highest BCUT2D eigenvalue weighted by Gasteiger charge is 2.32. The fraction of sp³-hybridized carbons (Fsp3) is 0.269. The molecule has 180 valence electrons. The lowest BCUT2D eigenvalue weighted by molar-refractivity contribution is -0.274. The van der Waals surface area contributed by atoms with Crippen LogP contribution in [0.25, 0.3) is 0 Å². The average molecular weight is 480 g/mol. The molecule has 1 unspecified atom stereocenters. The number of fused-ring (bicyclic) bond motifs is 1. The Morgan fingerprint density at radius 2 is 1.89 bits per heavy atom. The molecular weight excluding hydrogens is 457 g/mol. The smallest absolute Gasteiger partial charge is 0.406 e. The third-order valence-electron chi connectivity index (χ3n) is 6.15. The molecule has 3 heterocycles. The zero-order valence-electron chi connectivity index (χ0n) is 19.0. The van der Waals surface area contributed by atoms with Crippen molar-refractivity contribution in [3.63, 3.8) is 0 Å². The molecule has 5 rings (SSSR count). The van der Waals surface area contributed by atoms with Gasteiger partial charge in [-0.05, 0) is 53.4 Å². The summed E-state index contributed by atoms with van der Waals surface area (Å²) in [6.07, 6.45) is -1.03. The number of aromatic nitrogens is 1. The van der Waals surface area contributed by atoms with Gasteiger partial charge in [-0.3, -0.25) is 14.8 Å². The van der Waals surface area contributed by atoms with E-state index in [0.717, 1.165) is 34.5 Å². The van der Waals surface area contributed by atoms with Crippen LogP contribution in [0.15, 0.2) is 65.9 Å². The molecule has 1 aromatic heterocycles. The van der Waals surface area contributed by atoms with Gasteiger partial charge in [0.05, 0.1) is 12.2 Å². The molecule has 0 saturated heterocycles. The maximum absolute atomic E-state index is 13.1. The number of aryl methyl sites for hydroxylation is 1. The molecule has 0 fully saturated rings. The Morgan fingerprint density at radius 3 is 2.60 bits per heavy atom. The fourth-order valence-electron chi connectivity index (χ4n) is 4.59. The molecule has 0 saturated carbocycles. The number of hydrazone groups is 1. The maximum atomic E-state index is 13.1. The van der Waals surface area contributed by atoms with Gasteiger partial charge >= 0.3 is 6.36 Å². The number of hydrogen-bond acceptors (Lipinski definition) is 5. The van der Waals surface area contributed by atoms with Crippen molar-refractivity contribution in [3.8, 4) is 5.75 Å². The van der Waals surface area contributed by atoms with Crippen LogP contribution in [0.2, 0.25) is 0 Å². The Morgan fingerprint density at radius 1 is 1.09 bits per heavy atom. The monoisotopic (exact) mass is 480 g/mol. The van der Waals surface area contributed by atoms with Crippen LogP contribution in [0.4, 0.5) is 13.2 Å². The molecular formula is C26H23F3N4O2. The summed E-state index contributed by atoms with van der Waals surface area (Å²) >= 11 is 0. The first-order chi connectivity index (χ1) is 16.7. The summed E-state index contributed by atoms with van der Waals surface area (Å²) < 4.78 is 41.1. The maximum Gasteiger partial charge on any atom is 0.573 e. The SMILES string of the molecule is Cc1cc(C2C=NN(Cc3ccccn3)C2)cc2c1C(=O)N(Cc1ccc(OC(F)(F)F)cc1)C2. The third-order valence-corrected chi connectivity index (χ3v) is 6.15. The second-order valence-electron chi connectivity index (χ2n) is 8.76. The van der Waals surface area contributed by atoms with Crippen molar-refractivity contribution in [2.45, 2.75) is 38.8 Å². The van der Waals surface area contributed by atoms with Crippen LogP contribution in [0.5, 0.6) is 5.75 Å². The molecule has 9 heteroatoms. The van der Waals surface area contributed by atoms with E-state index in [9.17, 15) is 18.0 Å². The molecule has 0 bridgehead atoms. The molecule has 1 amide bonds. The number of halogens is 3. The highest BCUT2D eigenvalue weighted by Crippen LogP contribution is 2.32. The number of benzene rings is 2. The molecule has 6 nitrogen and oxygen atoms in total. The van der Waals surface area contributed by atoms with Crippen LogP contribution in [0.1, 0.15) is 44.2 Å². The Hall–Kier alpha value is -3.88. The van der Waals surface area contributed by atoms with E-state index in [-0.39, 0.29) is 17.6 Å². The summed E-state index contributed by atoms with van der Waals surface area (Å²) in [6, 6.07) is 15.5. The van der Waals surface area contributed by atoms with Gasteiger partial charge in [0.25, 0.3) is 5.91 Å². The van der Waals surface area contributed by atoms with E-state index in [0.29, 0.717) is 25.2 Å². The number of carbonyl (C=O) groups is 1. The van der Waals surface area contributed by atoms with Gasteiger partial charge in [-0.15, -0.1) is 13.2 Å². The number of carbonyl (C=O) groups excluding carboxylic acids is 1. The largest absolute Gasteiger partial charge is 0.573 e. The van der Waals surface area contributed by atoms with Crippen molar-refractivity contribution in [2.75, 3.05) is 6.54 Å². The molecule has 0 aliphatic carbocycles. The van der Waals surface area contributed by atoms with Crippen molar-refractivity contribution in [1.82, 2.24) is 14.9 Å². The first-order valence-electron chi connectivity index (χ1n) is 11.2. The van der Waals surface area contributed by atoms with E-state index in [1.165, 1.54) is 12.1 Å². The highest BCUT2D eigenvalue weighted by molar-refractivity contribution is 6.00. The van der Waals surface area contributed by atoms with E-state index >= 15 is 0 Å². The topological polar surface area (TPSA) is 58.0 Å². The van der Waals surface area contributed by atoms with Gasteiger partial charge in [0.1, 0.15) is 5.75 Å². The number of hydrogen-bond donors (Lipinski definition) is 0. The van der Waals surface area contributed by atoms with Gasteiger partial charge in [0.2, 0.25) is 0 Å². The minimum absolute atomic E-state index is 0.0727. The van der Waals surface area contributed by atoms with Crippen LogP contribution in [0.3, 0.4) is 0 Å². The predicted octanol–water partition coefficient (Wildman–Crippen LogP) is 5.03. The van der Waals surface area contributed by atoms with E-state index in [2.05, 4.69) is 20.9 Å². The Labute approximate surface area is 200 Å². The Bertz CT molecular complexity index is 1260. The predicted molar refractivity (Wildman–Crippen MR) is 124 cm³/mol. The lowest BCUT2D eigenvalue weighted by Crippen LogP contribution is -2.23. The highest BCUT2D eigenvalue weighted by atomic mass is 19.4. The van der Waals surface area contributed by atoms with Gasteiger partial charge in [-0.1, -0.05) is 30.3 Å². The summed E-state index contributed by atoms with van der Waals surface area (Å²) in [5.41, 5.74) is 5.36. The van der Waals surface area contributed by atoms with E-state index in [1.54, 1.807) is 23.2 Å². The summed E-state index contributed by atoms with van der Waals surface area (Å²) in [4.78, 5) is 19.1. The number of rotatable bonds is 6. The molecule has 2 aliphatic heterocycles. The first kappa shape index (κ1) is 22.9. The minimum atomic E-state index is -4.73. The summed E-state index contributed by atoms with van der Waals surface area (Å²) in [5.74, 6) is -0.238. The Kier molecular flexibility index (Phi) is 5.92. The van der Waals surface area contributed by atoms with Gasteiger partial charge in [0, 0.05) is 43.5 Å². The van der Waals surface area contributed by atoms with Crippen molar-refractivity contribution in [1.29, 1.82) is 0 Å². The molecule has 2 aliphatic rings. The molecule has 35 heavy (non-hydrogen) atoms. The van der Waals surface area contributed by atoms with Crippen LogP contribution in [0, 0.1) is 6.92 Å². The molecule has 0 spiro atoms. The van der Waals surface area contributed by atoms with Gasteiger partial charge in [-0.2, -0.15) is 5.10 Å². The first-order valence-corrected chi connectivity index (χ1v) is 11.2. The third kappa shape index (κ3) is 5.13. The van der Waals surface area contributed by atoms with Gasteiger partial charge < -0.3 is 9.64 Å². The van der Waals surface area contributed by atoms with Crippen molar-refractivity contribution in [2.24, 2.45) is 5.10 Å². The van der Waals surface area contributed by atoms with Crippen LogP contribution < -0.4 is 4.74 Å². The molecule has 2 aromatic carbocycles. The normalized spacial score (nSPS) is 17.3. The number of pyridine rings is 1. The van der Waals surface area contributed by atoms with E-state index in [4.69, 9.17) is 0 Å². The second-order valence-corrected chi connectivity index (χ2v) is 8.76. The zero-order valence-corrected chi connectivity index (χ0v) is 19.0. The lowest BCUT2D eigenvalue weighted by Gasteiger charge is -2.16. The van der Waals surface area contributed by atoms with Crippen LogP contribution >= 0.6 is 0 Å². The fourth-order valence-corrected chi connectivity index (χ4v) is 4.59. The number of nitrogens with zero attached hydrogens (tertiary/aromatic N) is 4. The molecule has 3 aromatic rings. The Balaban J connectivity index is 1.26. The van der Waals surface area contributed by atoms with Crippen molar-refractivity contribution < 1.29 is 22.7 Å². The summed E-state index contributed by atoms with van der Waals surface area (Å²) in [5, 5.41) is 6.52. The molecule has 1 atom stereocenters. The van der Waals surface area contributed by atoms with E-state index in [1.807, 2.05) is 42.4 Å². The average Bonchev–Trinajstić information content (AvgIpc) is 3.39. The standard InChI is InChI=1S/C26H23F3N4O2/c1-17-10-19(21-12-31-33(15-21)16-22-4-2-3-9-30-22)11-20-14-32(25(34)24(17)20)13-18-5-7-23(8-6-18)35-26(27,28)29/h2-12,21H,13-16H2,1H3. The van der Waals surface area contributed by atoms with Gasteiger partial charge in [-0.25, -0.2) is 0 Å². The number of ether oxygens (including phenoxy) is 1. The van der Waals surface area contributed by atoms with E-state index < -0.39 is 6.36 Å². The van der Waals surface area contributed by atoms with Crippen molar-refractivity contribution in [3.05, 3.63) is 94.3 Å². The zero-order chi connectivity index (χ0) is 24.6. The van der Waals surface area contributed by atoms with Crippen molar-refractivity contribution >= 4 is 12.1 Å². The summed E-state index contributed by atoms with van der Waals surface area (Å²) in [7, 11) is 0. The minimum Gasteiger partial charge on any atom is -0.406 e. The molecule has 0 radical (unpaired) electrons. The number of alkyl halides is 3. The quantitative estimate of drug-likeness (QED) is 0.497.